The molecule has 0 spiro atoms. The van der Waals surface area contributed by atoms with E-state index in [2.05, 4.69) is 29.6 Å². The van der Waals surface area contributed by atoms with Crippen molar-refractivity contribution in [2.45, 2.75) is 25.3 Å². The van der Waals surface area contributed by atoms with Crippen molar-refractivity contribution in [1.82, 2.24) is 5.32 Å². The third kappa shape index (κ3) is 5.17. The highest BCUT2D eigenvalue weighted by atomic mass is 35.5. The van der Waals surface area contributed by atoms with Crippen molar-refractivity contribution in [2.75, 3.05) is 6.54 Å². The zero-order valence-corrected chi connectivity index (χ0v) is 13.6. The summed E-state index contributed by atoms with van der Waals surface area (Å²) in [5.41, 5.74) is 8.09. The van der Waals surface area contributed by atoms with Gasteiger partial charge in [-0.1, -0.05) is 60.7 Å². The van der Waals surface area contributed by atoms with Gasteiger partial charge in [-0.25, -0.2) is 0 Å². The zero-order chi connectivity index (χ0) is 15.1. The van der Waals surface area contributed by atoms with Crippen LogP contribution >= 0.6 is 12.4 Å². The normalized spacial score (nSPS) is 11.6. The lowest BCUT2D eigenvalue weighted by Crippen LogP contribution is -2.39. The summed E-state index contributed by atoms with van der Waals surface area (Å²) in [7, 11) is 0. The van der Waals surface area contributed by atoms with Crippen molar-refractivity contribution in [3.05, 3.63) is 71.8 Å². The molecule has 1 atom stereocenters. The van der Waals surface area contributed by atoms with Crippen LogP contribution in [-0.4, -0.2) is 18.5 Å². The highest BCUT2D eigenvalue weighted by Crippen LogP contribution is 2.27. The van der Waals surface area contributed by atoms with E-state index in [1.54, 1.807) is 6.92 Å². The predicted molar refractivity (Wildman–Crippen MR) is 93.3 cm³/mol. The molecule has 0 saturated carbocycles. The smallest absolute Gasteiger partial charge is 0.236 e. The first-order valence-electron chi connectivity index (χ1n) is 7.31. The van der Waals surface area contributed by atoms with E-state index in [1.165, 1.54) is 11.1 Å². The fourth-order valence-corrected chi connectivity index (χ4v) is 2.40. The summed E-state index contributed by atoms with van der Waals surface area (Å²) >= 11 is 0. The van der Waals surface area contributed by atoms with Crippen LogP contribution in [0.4, 0.5) is 0 Å². The Balaban J connectivity index is 0.00000242. The molecule has 0 radical (unpaired) electrons. The van der Waals surface area contributed by atoms with Gasteiger partial charge >= 0.3 is 0 Å². The molecule has 0 heterocycles. The third-order valence-corrected chi connectivity index (χ3v) is 3.55. The molecule has 3 N–H and O–H groups in total. The second-order valence-corrected chi connectivity index (χ2v) is 5.24. The number of benzene rings is 2. The van der Waals surface area contributed by atoms with Crippen LogP contribution in [0.2, 0.25) is 0 Å². The summed E-state index contributed by atoms with van der Waals surface area (Å²) < 4.78 is 0. The topological polar surface area (TPSA) is 55.1 Å². The molecule has 2 rings (SSSR count). The van der Waals surface area contributed by atoms with Gasteiger partial charge in [0.1, 0.15) is 0 Å². The highest BCUT2D eigenvalue weighted by molar-refractivity contribution is 5.85. The monoisotopic (exact) mass is 318 g/mol. The van der Waals surface area contributed by atoms with Crippen molar-refractivity contribution in [3.8, 4) is 0 Å². The van der Waals surface area contributed by atoms with Gasteiger partial charge in [-0.2, -0.15) is 0 Å². The van der Waals surface area contributed by atoms with Crippen LogP contribution in [0.1, 0.15) is 30.4 Å². The summed E-state index contributed by atoms with van der Waals surface area (Å²) in [6, 6.07) is 20.3. The molecule has 0 saturated heterocycles. The summed E-state index contributed by atoms with van der Waals surface area (Å²) in [5, 5.41) is 2.89. The van der Waals surface area contributed by atoms with Gasteiger partial charge in [0.25, 0.3) is 0 Å². The van der Waals surface area contributed by atoms with Crippen LogP contribution in [0.5, 0.6) is 0 Å². The molecule has 0 fully saturated rings. The molecule has 0 aliphatic heterocycles. The molecule has 22 heavy (non-hydrogen) atoms. The maximum absolute atomic E-state index is 11.6. The van der Waals surface area contributed by atoms with Gasteiger partial charge < -0.3 is 11.1 Å². The fraction of sp³-hybridized carbons (Fsp3) is 0.278. The van der Waals surface area contributed by atoms with Crippen molar-refractivity contribution in [3.63, 3.8) is 0 Å². The first-order valence-corrected chi connectivity index (χ1v) is 7.31. The van der Waals surface area contributed by atoms with E-state index in [9.17, 15) is 4.79 Å². The zero-order valence-electron chi connectivity index (χ0n) is 12.7. The fourth-order valence-electron chi connectivity index (χ4n) is 2.40. The molecule has 3 nitrogen and oxygen atoms in total. The van der Waals surface area contributed by atoms with Gasteiger partial charge in [-0.15, -0.1) is 12.4 Å². The van der Waals surface area contributed by atoms with Crippen LogP contribution in [0.25, 0.3) is 0 Å². The van der Waals surface area contributed by atoms with Gasteiger partial charge in [0.2, 0.25) is 5.91 Å². The summed E-state index contributed by atoms with van der Waals surface area (Å²) in [4.78, 5) is 11.6. The minimum Gasteiger partial charge on any atom is -0.355 e. The Morgan fingerprint density at radius 3 is 1.86 bits per heavy atom. The second kappa shape index (κ2) is 9.23. The van der Waals surface area contributed by atoms with Gasteiger partial charge in [0.05, 0.1) is 6.04 Å². The highest BCUT2D eigenvalue weighted by Gasteiger charge is 2.14. The van der Waals surface area contributed by atoms with Crippen molar-refractivity contribution < 1.29 is 4.79 Å². The lowest BCUT2D eigenvalue weighted by molar-refractivity contribution is -0.121. The van der Waals surface area contributed by atoms with Crippen LogP contribution in [-0.2, 0) is 4.79 Å². The lowest BCUT2D eigenvalue weighted by atomic mass is 9.88. The lowest BCUT2D eigenvalue weighted by Gasteiger charge is -2.18. The van der Waals surface area contributed by atoms with Crippen molar-refractivity contribution in [1.29, 1.82) is 0 Å². The molecule has 0 bridgehead atoms. The molecule has 2 aromatic carbocycles. The van der Waals surface area contributed by atoms with E-state index in [4.69, 9.17) is 5.73 Å². The van der Waals surface area contributed by atoms with E-state index >= 15 is 0 Å². The number of carbonyl (C=O) groups is 1. The average molecular weight is 319 g/mol. The van der Waals surface area contributed by atoms with Gasteiger partial charge in [0, 0.05) is 12.5 Å². The van der Waals surface area contributed by atoms with Crippen LogP contribution in [0.3, 0.4) is 0 Å². The minimum absolute atomic E-state index is 0. The number of nitrogens with two attached hydrogens (primary N) is 1. The van der Waals surface area contributed by atoms with E-state index in [1.807, 2.05) is 36.4 Å². The number of hydrogen-bond acceptors (Lipinski definition) is 2. The van der Waals surface area contributed by atoms with Crippen LogP contribution in [0, 0.1) is 0 Å². The maximum Gasteiger partial charge on any atom is 0.236 e. The Morgan fingerprint density at radius 2 is 1.45 bits per heavy atom. The number of rotatable bonds is 6. The molecule has 2 aromatic rings. The number of amides is 1. The molecule has 1 unspecified atom stereocenters. The summed E-state index contributed by atoms with van der Waals surface area (Å²) in [5.74, 6) is 0.177. The Bertz CT molecular complexity index is 518. The SMILES string of the molecule is CC(N)C(=O)NCCC(c1ccccc1)c1ccccc1.Cl. The first-order chi connectivity index (χ1) is 10.2. The molecule has 0 aliphatic rings. The summed E-state index contributed by atoms with van der Waals surface area (Å²) in [6.45, 7) is 2.32. The number of hydrogen-bond donors (Lipinski definition) is 2. The minimum atomic E-state index is -0.461. The number of halogens is 1. The molecule has 4 heteroatoms. The predicted octanol–water partition coefficient (Wildman–Crippen LogP) is 3.09. The molecule has 1 amide bonds. The largest absolute Gasteiger partial charge is 0.355 e. The number of carbonyl (C=O) groups excluding carboxylic acids is 1. The Labute approximate surface area is 138 Å². The van der Waals surface area contributed by atoms with Gasteiger partial charge in [0.15, 0.2) is 0 Å². The Kier molecular flexibility index (Phi) is 7.64. The standard InChI is InChI=1S/C18H22N2O.ClH/c1-14(19)18(21)20-13-12-17(15-8-4-2-5-9-15)16-10-6-3-7-11-16;/h2-11,14,17H,12-13,19H2,1H3,(H,20,21);1H. The first kappa shape index (κ1) is 18.2. The Hall–Kier alpha value is -1.84. The Morgan fingerprint density at radius 1 is 1.00 bits per heavy atom. The molecule has 0 aliphatic carbocycles. The molecule has 118 valence electrons. The molecule has 0 aromatic heterocycles. The second-order valence-electron chi connectivity index (χ2n) is 5.24. The van der Waals surface area contributed by atoms with E-state index in [-0.39, 0.29) is 24.2 Å². The van der Waals surface area contributed by atoms with Crippen LogP contribution < -0.4 is 11.1 Å². The molecular weight excluding hydrogens is 296 g/mol. The van der Waals surface area contributed by atoms with Gasteiger partial charge in [-0.05, 0) is 24.5 Å². The van der Waals surface area contributed by atoms with Crippen molar-refractivity contribution >= 4 is 18.3 Å². The maximum atomic E-state index is 11.6. The third-order valence-electron chi connectivity index (χ3n) is 3.55. The average Bonchev–Trinajstić information content (AvgIpc) is 2.53. The van der Waals surface area contributed by atoms with Crippen LogP contribution in [0.15, 0.2) is 60.7 Å². The molecular formula is C18H23ClN2O. The summed E-state index contributed by atoms with van der Waals surface area (Å²) in [6.07, 6.45) is 0.854. The van der Waals surface area contributed by atoms with E-state index in [0.29, 0.717) is 6.54 Å². The van der Waals surface area contributed by atoms with E-state index < -0.39 is 6.04 Å². The van der Waals surface area contributed by atoms with Crippen molar-refractivity contribution in [2.24, 2.45) is 5.73 Å². The van der Waals surface area contributed by atoms with E-state index in [0.717, 1.165) is 6.42 Å². The number of nitrogens with one attached hydrogen (secondary N) is 1. The quantitative estimate of drug-likeness (QED) is 0.860. The van der Waals surface area contributed by atoms with Gasteiger partial charge in [-0.3, -0.25) is 4.79 Å².